The highest BCUT2D eigenvalue weighted by Gasteiger charge is 2.08. The number of rotatable bonds is 4. The lowest BCUT2D eigenvalue weighted by Crippen LogP contribution is -1.96. The van der Waals surface area contributed by atoms with Crippen LogP contribution in [0.15, 0.2) is 42.5 Å². The molecule has 2 rings (SSSR count). The molecule has 98 valence electrons. The van der Waals surface area contributed by atoms with Crippen molar-refractivity contribution in [3.63, 3.8) is 0 Å². The molecule has 5 heteroatoms. The number of nitrogens with two attached hydrogens (primary N) is 1. The van der Waals surface area contributed by atoms with E-state index in [0.29, 0.717) is 11.4 Å². The predicted octanol–water partition coefficient (Wildman–Crippen LogP) is 3.48. The van der Waals surface area contributed by atoms with Gasteiger partial charge in [-0.25, -0.2) is 0 Å². The van der Waals surface area contributed by atoms with Crippen molar-refractivity contribution >= 4 is 22.7 Å². The van der Waals surface area contributed by atoms with Gasteiger partial charge in [0, 0.05) is 29.2 Å². The average Bonchev–Trinajstić information content (AvgIpc) is 2.38. The second-order valence-electron chi connectivity index (χ2n) is 4.25. The van der Waals surface area contributed by atoms with Gasteiger partial charge in [0.15, 0.2) is 0 Å². The van der Waals surface area contributed by atoms with Crippen molar-refractivity contribution in [1.29, 1.82) is 0 Å². The van der Waals surface area contributed by atoms with E-state index in [9.17, 15) is 10.1 Å². The van der Waals surface area contributed by atoms with Crippen LogP contribution in [-0.2, 0) is 6.42 Å². The van der Waals surface area contributed by atoms with Crippen molar-refractivity contribution in [1.82, 2.24) is 0 Å². The Morgan fingerprint density at radius 3 is 2.68 bits per heavy atom. The van der Waals surface area contributed by atoms with Crippen LogP contribution in [-0.4, -0.2) is 4.92 Å². The Bertz CT molecular complexity index is 611. The van der Waals surface area contributed by atoms with Gasteiger partial charge < -0.3 is 11.1 Å². The van der Waals surface area contributed by atoms with E-state index in [-0.39, 0.29) is 5.69 Å². The van der Waals surface area contributed by atoms with Gasteiger partial charge in [0.1, 0.15) is 0 Å². The van der Waals surface area contributed by atoms with Crippen LogP contribution in [0.3, 0.4) is 0 Å². The van der Waals surface area contributed by atoms with Gasteiger partial charge in [0.2, 0.25) is 0 Å². The largest absolute Gasteiger partial charge is 0.398 e. The topological polar surface area (TPSA) is 81.2 Å². The van der Waals surface area contributed by atoms with Gasteiger partial charge in [-0.3, -0.25) is 10.1 Å². The predicted molar refractivity (Wildman–Crippen MR) is 76.6 cm³/mol. The van der Waals surface area contributed by atoms with E-state index in [0.717, 1.165) is 12.1 Å². The van der Waals surface area contributed by atoms with Crippen LogP contribution >= 0.6 is 0 Å². The van der Waals surface area contributed by atoms with Crippen LogP contribution in [0.5, 0.6) is 0 Å². The molecular formula is C14H15N3O2. The van der Waals surface area contributed by atoms with Gasteiger partial charge in [0.05, 0.1) is 4.92 Å². The van der Waals surface area contributed by atoms with Crippen molar-refractivity contribution in [3.8, 4) is 0 Å². The molecule has 5 nitrogen and oxygen atoms in total. The summed E-state index contributed by atoms with van der Waals surface area (Å²) in [5, 5.41) is 13.9. The molecule has 2 aromatic rings. The summed E-state index contributed by atoms with van der Waals surface area (Å²) in [5.41, 5.74) is 8.70. The standard InChI is InChI=1S/C14H15N3O2/c1-2-10-4-3-5-12(6-10)16-13-7-11(15)8-14(9-13)17(18)19/h3-9,16H,2,15H2,1H3. The number of nitrogens with zero attached hydrogens (tertiary/aromatic N) is 1. The molecule has 0 radical (unpaired) electrons. The fourth-order valence-corrected chi connectivity index (χ4v) is 1.85. The van der Waals surface area contributed by atoms with Crippen LogP contribution < -0.4 is 11.1 Å². The molecule has 0 amide bonds. The number of nitro benzene ring substituents is 1. The normalized spacial score (nSPS) is 10.2. The second kappa shape index (κ2) is 5.39. The number of nitro groups is 1. The minimum Gasteiger partial charge on any atom is -0.398 e. The van der Waals surface area contributed by atoms with Gasteiger partial charge in [0.25, 0.3) is 5.69 Å². The molecule has 19 heavy (non-hydrogen) atoms. The Hall–Kier alpha value is -2.56. The summed E-state index contributed by atoms with van der Waals surface area (Å²) in [6.07, 6.45) is 0.937. The minimum atomic E-state index is -0.454. The molecule has 0 aromatic heterocycles. The molecule has 0 saturated heterocycles. The Kier molecular flexibility index (Phi) is 3.66. The molecule has 0 atom stereocenters. The maximum Gasteiger partial charge on any atom is 0.273 e. The summed E-state index contributed by atoms with van der Waals surface area (Å²) in [6, 6.07) is 12.4. The Balaban J connectivity index is 2.29. The number of nitrogens with one attached hydrogen (secondary N) is 1. The number of hydrogen-bond acceptors (Lipinski definition) is 4. The van der Waals surface area contributed by atoms with Crippen LogP contribution in [0, 0.1) is 10.1 Å². The molecule has 0 unspecified atom stereocenters. The molecule has 0 aliphatic rings. The number of anilines is 3. The summed E-state index contributed by atoms with van der Waals surface area (Å²) < 4.78 is 0. The van der Waals surface area contributed by atoms with Crippen molar-refractivity contribution < 1.29 is 4.92 Å². The highest BCUT2D eigenvalue weighted by atomic mass is 16.6. The van der Waals surface area contributed by atoms with Crippen LogP contribution in [0.25, 0.3) is 0 Å². The van der Waals surface area contributed by atoms with Gasteiger partial charge in [-0.15, -0.1) is 0 Å². The first-order valence-electron chi connectivity index (χ1n) is 5.99. The summed E-state index contributed by atoms with van der Waals surface area (Å²) in [6.45, 7) is 2.07. The summed E-state index contributed by atoms with van der Waals surface area (Å²) >= 11 is 0. The molecule has 0 bridgehead atoms. The van der Waals surface area contributed by atoms with Crippen LogP contribution in [0.2, 0.25) is 0 Å². The fraction of sp³-hybridized carbons (Fsp3) is 0.143. The van der Waals surface area contributed by atoms with Crippen molar-refractivity contribution in [2.24, 2.45) is 0 Å². The smallest absolute Gasteiger partial charge is 0.273 e. The number of hydrogen-bond donors (Lipinski definition) is 2. The van der Waals surface area contributed by atoms with E-state index in [2.05, 4.69) is 12.2 Å². The lowest BCUT2D eigenvalue weighted by atomic mass is 10.1. The Labute approximate surface area is 111 Å². The molecule has 0 aliphatic heterocycles. The highest BCUT2D eigenvalue weighted by molar-refractivity contribution is 5.67. The van der Waals surface area contributed by atoms with Gasteiger partial charge in [-0.05, 0) is 30.2 Å². The third-order valence-electron chi connectivity index (χ3n) is 2.77. The fourth-order valence-electron chi connectivity index (χ4n) is 1.85. The average molecular weight is 257 g/mol. The summed E-state index contributed by atoms with van der Waals surface area (Å²) in [7, 11) is 0. The Morgan fingerprint density at radius 1 is 1.21 bits per heavy atom. The van der Waals surface area contributed by atoms with E-state index in [1.54, 1.807) is 6.07 Å². The molecule has 0 fully saturated rings. The zero-order valence-corrected chi connectivity index (χ0v) is 10.6. The third-order valence-corrected chi connectivity index (χ3v) is 2.77. The zero-order chi connectivity index (χ0) is 13.8. The van der Waals surface area contributed by atoms with E-state index < -0.39 is 4.92 Å². The third kappa shape index (κ3) is 3.22. The van der Waals surface area contributed by atoms with Crippen molar-refractivity contribution in [2.45, 2.75) is 13.3 Å². The van der Waals surface area contributed by atoms with Crippen molar-refractivity contribution in [3.05, 3.63) is 58.1 Å². The summed E-state index contributed by atoms with van der Waals surface area (Å²) in [4.78, 5) is 10.3. The van der Waals surface area contributed by atoms with E-state index >= 15 is 0 Å². The first-order chi connectivity index (χ1) is 9.08. The monoisotopic (exact) mass is 257 g/mol. The maximum absolute atomic E-state index is 10.8. The second-order valence-corrected chi connectivity index (χ2v) is 4.25. The van der Waals surface area contributed by atoms with Crippen molar-refractivity contribution in [2.75, 3.05) is 11.1 Å². The van der Waals surface area contributed by atoms with E-state index in [1.807, 2.05) is 24.3 Å². The maximum atomic E-state index is 10.8. The SMILES string of the molecule is CCc1cccc(Nc2cc(N)cc([N+](=O)[O-])c2)c1. The first-order valence-corrected chi connectivity index (χ1v) is 5.99. The van der Waals surface area contributed by atoms with Crippen LogP contribution in [0.4, 0.5) is 22.7 Å². The van der Waals surface area contributed by atoms with Gasteiger partial charge >= 0.3 is 0 Å². The molecular weight excluding hydrogens is 242 g/mol. The van der Waals surface area contributed by atoms with E-state index in [4.69, 9.17) is 5.73 Å². The lowest BCUT2D eigenvalue weighted by Gasteiger charge is -2.08. The number of aryl methyl sites for hydroxylation is 1. The molecule has 0 saturated carbocycles. The molecule has 3 N–H and O–H groups in total. The highest BCUT2D eigenvalue weighted by Crippen LogP contribution is 2.25. The van der Waals surface area contributed by atoms with E-state index in [1.165, 1.54) is 17.7 Å². The number of benzene rings is 2. The van der Waals surface area contributed by atoms with Gasteiger partial charge in [-0.1, -0.05) is 19.1 Å². The molecule has 0 heterocycles. The zero-order valence-electron chi connectivity index (χ0n) is 10.6. The molecule has 2 aromatic carbocycles. The van der Waals surface area contributed by atoms with Gasteiger partial charge in [-0.2, -0.15) is 0 Å². The minimum absolute atomic E-state index is 0.0193. The quantitative estimate of drug-likeness (QED) is 0.499. The number of non-ortho nitro benzene ring substituents is 1. The summed E-state index contributed by atoms with van der Waals surface area (Å²) in [5.74, 6) is 0. The lowest BCUT2D eigenvalue weighted by molar-refractivity contribution is -0.384. The Morgan fingerprint density at radius 2 is 2.00 bits per heavy atom. The number of nitrogen functional groups attached to an aromatic ring is 1. The first kappa shape index (κ1) is 12.9. The molecule has 0 aliphatic carbocycles. The van der Waals surface area contributed by atoms with Crippen LogP contribution in [0.1, 0.15) is 12.5 Å². The molecule has 0 spiro atoms.